The number of halogens is 1. The van der Waals surface area contributed by atoms with Gasteiger partial charge in [0.1, 0.15) is 4.90 Å². The maximum Gasteiger partial charge on any atom is 0.265 e. The van der Waals surface area contributed by atoms with Gasteiger partial charge >= 0.3 is 0 Å². The van der Waals surface area contributed by atoms with E-state index in [0.29, 0.717) is 5.02 Å². The number of rotatable bonds is 4. The summed E-state index contributed by atoms with van der Waals surface area (Å²) in [5, 5.41) is 4.15. The van der Waals surface area contributed by atoms with Crippen molar-refractivity contribution in [1.29, 1.82) is 0 Å². The van der Waals surface area contributed by atoms with Crippen LogP contribution in [0.25, 0.3) is 0 Å². The smallest absolute Gasteiger partial charge is 0.265 e. The fourth-order valence-electron chi connectivity index (χ4n) is 1.54. The van der Waals surface area contributed by atoms with Crippen molar-refractivity contribution in [3.05, 3.63) is 35.6 Å². The lowest BCUT2D eigenvalue weighted by Crippen LogP contribution is -2.13. The third kappa shape index (κ3) is 2.82. The van der Waals surface area contributed by atoms with E-state index in [9.17, 15) is 8.42 Å². The number of benzene rings is 1. The molecule has 6 nitrogen and oxygen atoms in total. The van der Waals surface area contributed by atoms with Crippen molar-refractivity contribution in [2.24, 2.45) is 7.05 Å². The largest absolute Gasteiger partial charge is 0.493 e. The van der Waals surface area contributed by atoms with Gasteiger partial charge in [0.05, 0.1) is 24.0 Å². The number of ether oxygens (including phenoxy) is 1. The van der Waals surface area contributed by atoms with Gasteiger partial charge in [0.2, 0.25) is 0 Å². The molecule has 0 spiro atoms. The molecule has 0 saturated heterocycles. The normalized spacial score (nSPS) is 11.3. The number of hydrogen-bond acceptors (Lipinski definition) is 4. The molecular weight excluding hydrogens is 290 g/mol. The Bertz CT molecular complexity index is 697. The Labute approximate surface area is 116 Å². The quantitative estimate of drug-likeness (QED) is 0.936. The maximum absolute atomic E-state index is 12.1. The first-order valence-corrected chi connectivity index (χ1v) is 7.14. The Morgan fingerprint density at radius 3 is 2.74 bits per heavy atom. The van der Waals surface area contributed by atoms with Crippen LogP contribution >= 0.6 is 11.6 Å². The Kier molecular flexibility index (Phi) is 3.68. The van der Waals surface area contributed by atoms with Gasteiger partial charge < -0.3 is 4.74 Å². The molecule has 2 aromatic rings. The first-order valence-electron chi connectivity index (χ1n) is 5.28. The monoisotopic (exact) mass is 301 g/mol. The molecule has 0 aliphatic carbocycles. The summed E-state index contributed by atoms with van der Waals surface area (Å²) in [7, 11) is -0.656. The summed E-state index contributed by atoms with van der Waals surface area (Å²) in [5.41, 5.74) is 0.277. The van der Waals surface area contributed by atoms with Gasteiger partial charge in [-0.1, -0.05) is 17.7 Å². The topological polar surface area (TPSA) is 73.2 Å². The molecule has 102 valence electrons. The zero-order valence-electron chi connectivity index (χ0n) is 10.3. The zero-order valence-corrected chi connectivity index (χ0v) is 11.9. The minimum Gasteiger partial charge on any atom is -0.493 e. The molecule has 0 atom stereocenters. The summed E-state index contributed by atoms with van der Waals surface area (Å²) in [6.07, 6.45) is 2.67. The van der Waals surface area contributed by atoms with E-state index in [4.69, 9.17) is 16.3 Å². The minimum absolute atomic E-state index is 0.0667. The molecule has 0 bridgehead atoms. The molecule has 0 amide bonds. The lowest BCUT2D eigenvalue weighted by molar-refractivity contribution is 0.417. The van der Waals surface area contributed by atoms with Crippen LogP contribution in [0.15, 0.2) is 35.5 Å². The fourth-order valence-corrected chi connectivity index (χ4v) is 2.83. The van der Waals surface area contributed by atoms with Crippen molar-refractivity contribution in [3.8, 4) is 5.75 Å². The number of aryl methyl sites for hydroxylation is 1. The van der Waals surface area contributed by atoms with Crippen LogP contribution in [0.1, 0.15) is 0 Å². The van der Waals surface area contributed by atoms with E-state index in [0.717, 1.165) is 0 Å². The molecule has 1 aromatic carbocycles. The highest BCUT2D eigenvalue weighted by atomic mass is 35.5. The molecule has 2 rings (SSSR count). The van der Waals surface area contributed by atoms with Crippen molar-refractivity contribution >= 4 is 27.3 Å². The van der Waals surface area contributed by atoms with Crippen LogP contribution in [0.4, 0.5) is 5.69 Å². The number of anilines is 1. The summed E-state index contributed by atoms with van der Waals surface area (Å²) < 4.78 is 33.2. The van der Waals surface area contributed by atoms with Crippen LogP contribution in [-0.2, 0) is 17.1 Å². The van der Waals surface area contributed by atoms with Crippen LogP contribution in [-0.4, -0.2) is 25.3 Å². The number of aromatic nitrogens is 2. The van der Waals surface area contributed by atoms with E-state index >= 15 is 0 Å². The van der Waals surface area contributed by atoms with Gasteiger partial charge in [-0.2, -0.15) is 5.10 Å². The summed E-state index contributed by atoms with van der Waals surface area (Å²) in [6, 6.07) is 4.81. The summed E-state index contributed by atoms with van der Waals surface area (Å²) >= 11 is 5.93. The second-order valence-electron chi connectivity index (χ2n) is 3.78. The Morgan fingerprint density at radius 1 is 1.42 bits per heavy atom. The van der Waals surface area contributed by atoms with Crippen molar-refractivity contribution in [2.45, 2.75) is 4.90 Å². The zero-order chi connectivity index (χ0) is 14.0. The third-order valence-electron chi connectivity index (χ3n) is 2.41. The van der Waals surface area contributed by atoms with Crippen LogP contribution in [0.3, 0.4) is 0 Å². The average Bonchev–Trinajstić information content (AvgIpc) is 2.76. The second-order valence-corrected chi connectivity index (χ2v) is 5.87. The van der Waals surface area contributed by atoms with Gasteiger partial charge in [-0.05, 0) is 12.1 Å². The highest BCUT2D eigenvalue weighted by Gasteiger charge is 2.19. The number of sulfonamides is 1. The number of nitrogens with zero attached hydrogens (tertiary/aromatic N) is 2. The Hall–Kier alpha value is -1.73. The van der Waals surface area contributed by atoms with Gasteiger partial charge in [-0.15, -0.1) is 0 Å². The molecule has 1 aromatic heterocycles. The first-order chi connectivity index (χ1) is 8.94. The van der Waals surface area contributed by atoms with Crippen LogP contribution in [0.5, 0.6) is 5.75 Å². The Balaban J connectivity index is 2.38. The molecule has 0 radical (unpaired) electrons. The van der Waals surface area contributed by atoms with Gasteiger partial charge in [-0.25, -0.2) is 8.42 Å². The molecule has 1 N–H and O–H groups in total. The van der Waals surface area contributed by atoms with E-state index in [2.05, 4.69) is 9.82 Å². The number of hydrogen-bond donors (Lipinski definition) is 1. The van der Waals surface area contributed by atoms with Crippen molar-refractivity contribution in [3.63, 3.8) is 0 Å². The highest BCUT2D eigenvalue weighted by Crippen LogP contribution is 2.33. The van der Waals surface area contributed by atoms with Crippen molar-refractivity contribution in [1.82, 2.24) is 9.78 Å². The number of nitrogens with one attached hydrogen (secondary N) is 1. The first kappa shape index (κ1) is 13.7. The average molecular weight is 302 g/mol. The summed E-state index contributed by atoms with van der Waals surface area (Å²) in [5.74, 6) is 0.275. The molecule has 0 aliphatic rings. The number of methoxy groups -OCH3 is 1. The van der Waals surface area contributed by atoms with Gasteiger partial charge in [-0.3, -0.25) is 9.40 Å². The van der Waals surface area contributed by atoms with E-state index in [1.807, 2.05) is 0 Å². The Morgan fingerprint density at radius 2 is 2.16 bits per heavy atom. The fraction of sp³-hybridized carbons (Fsp3) is 0.182. The predicted octanol–water partition coefficient (Wildman–Crippen LogP) is 1.88. The second kappa shape index (κ2) is 5.10. The van der Waals surface area contributed by atoms with Gasteiger partial charge in [0, 0.05) is 13.2 Å². The lowest BCUT2D eigenvalue weighted by Gasteiger charge is -2.11. The van der Waals surface area contributed by atoms with E-state index in [1.165, 1.54) is 24.2 Å². The molecule has 0 unspecified atom stereocenters. The molecular formula is C11H12ClN3O3S. The van der Waals surface area contributed by atoms with E-state index in [1.54, 1.807) is 25.2 Å². The molecule has 0 saturated carbocycles. The molecule has 1 heterocycles. The summed E-state index contributed by atoms with van der Waals surface area (Å²) in [6.45, 7) is 0. The van der Waals surface area contributed by atoms with Crippen molar-refractivity contribution < 1.29 is 13.2 Å². The van der Waals surface area contributed by atoms with E-state index in [-0.39, 0.29) is 16.3 Å². The molecule has 8 heteroatoms. The van der Waals surface area contributed by atoms with Gasteiger partial charge in [0.25, 0.3) is 10.0 Å². The highest BCUT2D eigenvalue weighted by molar-refractivity contribution is 7.92. The molecule has 19 heavy (non-hydrogen) atoms. The third-order valence-corrected chi connectivity index (χ3v) is 4.02. The predicted molar refractivity (Wildman–Crippen MR) is 72.0 cm³/mol. The lowest BCUT2D eigenvalue weighted by atomic mass is 10.3. The summed E-state index contributed by atoms with van der Waals surface area (Å²) in [4.78, 5) is 0.0667. The van der Waals surface area contributed by atoms with E-state index < -0.39 is 10.0 Å². The van der Waals surface area contributed by atoms with Gasteiger partial charge in [0.15, 0.2) is 5.75 Å². The SMILES string of the molecule is COc1c(Cl)cccc1NS(=O)(=O)c1cnn(C)c1. The molecule has 0 fully saturated rings. The standard InChI is InChI=1S/C11H12ClN3O3S/c1-15-7-8(6-13-15)19(16,17)14-10-5-3-4-9(12)11(10)18-2/h3-7,14H,1-2H3. The van der Waals surface area contributed by atoms with Crippen LogP contribution in [0.2, 0.25) is 5.02 Å². The van der Waals surface area contributed by atoms with Crippen LogP contribution < -0.4 is 9.46 Å². The van der Waals surface area contributed by atoms with Crippen LogP contribution in [0, 0.1) is 0 Å². The maximum atomic E-state index is 12.1. The minimum atomic E-state index is -3.71. The molecule has 0 aliphatic heterocycles. The van der Waals surface area contributed by atoms with Crippen molar-refractivity contribution in [2.75, 3.05) is 11.8 Å². The number of para-hydroxylation sites is 1.